The number of unbranched alkanes of at least 4 members (excludes halogenated alkanes) is 2. The lowest BCUT2D eigenvalue weighted by Crippen LogP contribution is -2.17. The number of aromatic nitrogens is 1. The van der Waals surface area contributed by atoms with E-state index in [9.17, 15) is 4.79 Å². The van der Waals surface area contributed by atoms with E-state index in [2.05, 4.69) is 11.6 Å². The number of amides is 1. The summed E-state index contributed by atoms with van der Waals surface area (Å²) in [5.74, 6) is 0.960. The molecular formula is C21H26N2O4. The van der Waals surface area contributed by atoms with Crippen LogP contribution in [0, 0.1) is 6.92 Å². The first-order valence-corrected chi connectivity index (χ1v) is 8.91. The Kier molecular flexibility index (Phi) is 7.82. The molecule has 0 unspecified atom stereocenters. The maximum Gasteiger partial charge on any atom is 0.243 e. The van der Waals surface area contributed by atoms with Crippen LogP contribution in [0.5, 0.6) is 11.5 Å². The predicted molar refractivity (Wildman–Crippen MR) is 104 cm³/mol. The minimum Gasteiger partial charge on any atom is -0.493 e. The van der Waals surface area contributed by atoms with Gasteiger partial charge >= 0.3 is 0 Å². The van der Waals surface area contributed by atoms with E-state index in [0.29, 0.717) is 30.9 Å². The third kappa shape index (κ3) is 6.11. The lowest BCUT2D eigenvalue weighted by atomic mass is 9.99. The van der Waals surface area contributed by atoms with Gasteiger partial charge < -0.3 is 9.47 Å². The summed E-state index contributed by atoms with van der Waals surface area (Å²) >= 11 is 0. The van der Waals surface area contributed by atoms with Crippen molar-refractivity contribution in [3.63, 3.8) is 0 Å². The molecule has 1 amide bonds. The molecular weight excluding hydrogens is 344 g/mol. The summed E-state index contributed by atoms with van der Waals surface area (Å²) < 4.78 is 11.3. The minimum absolute atomic E-state index is 0.306. The topological polar surface area (TPSA) is 80.7 Å². The van der Waals surface area contributed by atoms with Crippen molar-refractivity contribution < 1.29 is 19.5 Å². The Morgan fingerprint density at radius 2 is 1.93 bits per heavy atom. The molecule has 0 aliphatic carbocycles. The molecule has 0 atom stereocenters. The van der Waals surface area contributed by atoms with Crippen molar-refractivity contribution in [2.75, 3.05) is 13.7 Å². The average molecular weight is 370 g/mol. The Bertz CT molecular complexity index is 790. The smallest absolute Gasteiger partial charge is 0.243 e. The Balaban J connectivity index is 1.98. The van der Waals surface area contributed by atoms with Crippen molar-refractivity contribution in [3.8, 4) is 11.5 Å². The van der Waals surface area contributed by atoms with Crippen LogP contribution in [0.2, 0.25) is 0 Å². The monoisotopic (exact) mass is 370 g/mol. The van der Waals surface area contributed by atoms with E-state index in [1.165, 1.54) is 0 Å². The van der Waals surface area contributed by atoms with Crippen LogP contribution in [0.15, 0.2) is 43.1 Å². The molecule has 144 valence electrons. The maximum atomic E-state index is 11.0. The molecule has 2 aromatic rings. The number of nitrogens with one attached hydrogen (secondary N) is 1. The number of ether oxygens (including phenoxy) is 2. The number of rotatable bonds is 10. The number of aryl methyl sites for hydroxylation is 1. The Hall–Kier alpha value is -2.86. The third-order valence-corrected chi connectivity index (χ3v) is 4.19. The Morgan fingerprint density at radius 1 is 1.15 bits per heavy atom. The molecule has 1 aromatic carbocycles. The second-order valence-corrected chi connectivity index (χ2v) is 6.22. The molecule has 0 fully saturated rings. The van der Waals surface area contributed by atoms with Crippen LogP contribution in [0.4, 0.5) is 0 Å². The molecule has 27 heavy (non-hydrogen) atoms. The van der Waals surface area contributed by atoms with E-state index in [1.807, 2.05) is 37.3 Å². The molecule has 6 nitrogen and oxygen atoms in total. The number of nitrogens with zero attached hydrogens (tertiary/aromatic N) is 1. The fourth-order valence-electron chi connectivity index (χ4n) is 2.68. The summed E-state index contributed by atoms with van der Waals surface area (Å²) in [6.45, 7) is 6.66. The van der Waals surface area contributed by atoms with Crippen molar-refractivity contribution in [1.82, 2.24) is 10.5 Å². The molecule has 0 radical (unpaired) electrons. The lowest BCUT2D eigenvalue weighted by Gasteiger charge is -2.14. The van der Waals surface area contributed by atoms with Gasteiger partial charge in [-0.05, 0) is 67.2 Å². The van der Waals surface area contributed by atoms with E-state index < -0.39 is 0 Å². The fraction of sp³-hybridized carbons (Fsp3) is 0.333. The number of pyridine rings is 1. The van der Waals surface area contributed by atoms with E-state index in [-0.39, 0.29) is 5.91 Å². The Morgan fingerprint density at radius 3 is 2.63 bits per heavy atom. The van der Waals surface area contributed by atoms with Gasteiger partial charge in [-0.2, -0.15) is 0 Å². The highest BCUT2D eigenvalue weighted by atomic mass is 16.5. The van der Waals surface area contributed by atoms with Crippen LogP contribution in [0.3, 0.4) is 0 Å². The van der Waals surface area contributed by atoms with E-state index in [0.717, 1.165) is 35.2 Å². The number of hydrogen-bond donors (Lipinski definition) is 2. The number of methoxy groups -OCH3 is 1. The summed E-state index contributed by atoms with van der Waals surface area (Å²) in [4.78, 5) is 15.2. The first-order valence-electron chi connectivity index (χ1n) is 8.91. The highest BCUT2D eigenvalue weighted by Gasteiger charge is 2.10. The van der Waals surface area contributed by atoms with Crippen LogP contribution < -0.4 is 15.0 Å². The van der Waals surface area contributed by atoms with Gasteiger partial charge in [0.1, 0.15) is 0 Å². The van der Waals surface area contributed by atoms with Crippen molar-refractivity contribution in [1.29, 1.82) is 0 Å². The maximum absolute atomic E-state index is 11.0. The molecule has 0 saturated heterocycles. The van der Waals surface area contributed by atoms with Gasteiger partial charge in [0.15, 0.2) is 11.5 Å². The van der Waals surface area contributed by atoms with Gasteiger partial charge in [-0.3, -0.25) is 15.0 Å². The zero-order chi connectivity index (χ0) is 19.6. The fourth-order valence-corrected chi connectivity index (χ4v) is 2.68. The molecule has 0 spiro atoms. The predicted octanol–water partition coefficient (Wildman–Crippen LogP) is 3.90. The summed E-state index contributed by atoms with van der Waals surface area (Å²) in [5.41, 5.74) is 5.43. The van der Waals surface area contributed by atoms with Crippen LogP contribution in [-0.4, -0.2) is 29.8 Å². The van der Waals surface area contributed by atoms with Gasteiger partial charge in [0.2, 0.25) is 5.91 Å². The lowest BCUT2D eigenvalue weighted by molar-refractivity contribution is -0.129. The zero-order valence-electron chi connectivity index (χ0n) is 15.8. The number of hydroxylamine groups is 1. The highest BCUT2D eigenvalue weighted by Crippen LogP contribution is 2.32. The molecule has 6 heteroatoms. The van der Waals surface area contributed by atoms with Gasteiger partial charge in [-0.25, -0.2) is 5.48 Å². The first kappa shape index (κ1) is 20.5. The minimum atomic E-state index is -0.366. The average Bonchev–Trinajstić information content (AvgIpc) is 2.69. The highest BCUT2D eigenvalue weighted by molar-refractivity contribution is 5.79. The molecule has 1 heterocycles. The van der Waals surface area contributed by atoms with Crippen LogP contribution in [0.25, 0.3) is 5.57 Å². The number of carbonyl (C=O) groups is 1. The van der Waals surface area contributed by atoms with Gasteiger partial charge in [-0.15, -0.1) is 0 Å². The summed E-state index contributed by atoms with van der Waals surface area (Å²) in [5, 5.41) is 8.46. The number of hydrogen-bond acceptors (Lipinski definition) is 5. The van der Waals surface area contributed by atoms with Crippen LogP contribution >= 0.6 is 0 Å². The molecule has 0 saturated carbocycles. The molecule has 0 aliphatic rings. The zero-order valence-corrected chi connectivity index (χ0v) is 15.8. The van der Waals surface area contributed by atoms with Gasteiger partial charge in [0.05, 0.1) is 13.7 Å². The molecule has 0 bridgehead atoms. The van der Waals surface area contributed by atoms with E-state index in [4.69, 9.17) is 14.7 Å². The summed E-state index contributed by atoms with van der Waals surface area (Å²) in [7, 11) is 1.61. The molecule has 2 rings (SSSR count). The number of benzene rings is 1. The third-order valence-electron chi connectivity index (χ3n) is 4.19. The largest absolute Gasteiger partial charge is 0.493 e. The van der Waals surface area contributed by atoms with E-state index in [1.54, 1.807) is 18.8 Å². The van der Waals surface area contributed by atoms with Crippen LogP contribution in [0.1, 0.15) is 42.5 Å². The van der Waals surface area contributed by atoms with Crippen molar-refractivity contribution in [2.45, 2.75) is 32.6 Å². The van der Waals surface area contributed by atoms with Crippen molar-refractivity contribution >= 4 is 11.5 Å². The summed E-state index contributed by atoms with van der Waals surface area (Å²) in [6, 6.07) is 9.68. The SMILES string of the molecule is C=C(c1ccnc(C)c1)c1ccc(OC)c(OCCCCCC(=O)NO)c1. The van der Waals surface area contributed by atoms with Gasteiger partial charge in [0.25, 0.3) is 0 Å². The molecule has 0 aliphatic heterocycles. The van der Waals surface area contributed by atoms with Crippen molar-refractivity contribution in [2.24, 2.45) is 0 Å². The second kappa shape index (κ2) is 10.3. The Labute approximate surface area is 159 Å². The second-order valence-electron chi connectivity index (χ2n) is 6.22. The van der Waals surface area contributed by atoms with E-state index >= 15 is 0 Å². The normalized spacial score (nSPS) is 10.3. The first-order chi connectivity index (χ1) is 13.0. The molecule has 2 N–H and O–H groups in total. The summed E-state index contributed by atoms with van der Waals surface area (Å²) in [6.07, 6.45) is 4.41. The van der Waals surface area contributed by atoms with Crippen molar-refractivity contribution in [3.05, 3.63) is 59.9 Å². The van der Waals surface area contributed by atoms with Gasteiger partial charge in [-0.1, -0.05) is 12.6 Å². The van der Waals surface area contributed by atoms with Gasteiger partial charge in [0, 0.05) is 18.3 Å². The standard InChI is InChI=1S/C21H26N2O4/c1-15-13-18(10-11-22-15)16(2)17-8-9-19(26-3)20(14-17)27-12-6-4-5-7-21(24)23-25/h8-11,13-14,25H,2,4-7,12H2,1,3H3,(H,23,24). The van der Waals surface area contributed by atoms with Crippen LogP contribution in [-0.2, 0) is 4.79 Å². The number of carbonyl (C=O) groups excluding carboxylic acids is 1. The molecule has 1 aromatic heterocycles. The quantitative estimate of drug-likeness (QED) is 0.377.